The van der Waals surface area contributed by atoms with Crippen LogP contribution in [0.15, 0.2) is 77.9 Å². The predicted molar refractivity (Wildman–Crippen MR) is 124 cm³/mol. The van der Waals surface area contributed by atoms with Gasteiger partial charge in [-0.15, -0.1) is 0 Å². The lowest BCUT2D eigenvalue weighted by molar-refractivity contribution is 0.306. The monoisotopic (exact) mass is 395 g/mol. The number of benzene rings is 3. The lowest BCUT2D eigenvalue weighted by Crippen LogP contribution is -1.97. The topological polar surface area (TPSA) is 46.5 Å². The summed E-state index contributed by atoms with van der Waals surface area (Å²) in [6.07, 6.45) is 1.78. The van der Waals surface area contributed by atoms with Crippen LogP contribution in [0.4, 0.5) is 5.82 Å². The van der Waals surface area contributed by atoms with Gasteiger partial charge in [-0.2, -0.15) is 5.10 Å². The van der Waals surface area contributed by atoms with Crippen molar-refractivity contribution in [1.29, 1.82) is 0 Å². The summed E-state index contributed by atoms with van der Waals surface area (Å²) in [5, 5.41) is 5.54. The molecule has 4 rings (SSSR count). The molecule has 4 aromatic rings. The maximum absolute atomic E-state index is 5.82. The van der Waals surface area contributed by atoms with E-state index in [0.717, 1.165) is 28.2 Å². The fraction of sp³-hybridized carbons (Fsp3) is 0.154. The Morgan fingerprint density at radius 1 is 0.900 bits per heavy atom. The van der Waals surface area contributed by atoms with Gasteiger partial charge in [-0.3, -0.25) is 5.43 Å². The number of ether oxygens (including phenoxy) is 1. The first-order valence-corrected chi connectivity index (χ1v) is 10.0. The molecule has 0 saturated heterocycles. The number of anilines is 1. The van der Waals surface area contributed by atoms with Gasteiger partial charge >= 0.3 is 0 Å². The van der Waals surface area contributed by atoms with E-state index < -0.39 is 0 Å². The highest BCUT2D eigenvalue weighted by molar-refractivity contribution is 5.87. The van der Waals surface area contributed by atoms with Crippen molar-refractivity contribution in [2.75, 3.05) is 5.43 Å². The highest BCUT2D eigenvalue weighted by atomic mass is 16.5. The minimum absolute atomic E-state index is 0.557. The predicted octanol–water partition coefficient (Wildman–Crippen LogP) is 6.19. The lowest BCUT2D eigenvalue weighted by Gasteiger charge is -2.09. The number of nitrogens with one attached hydrogen (secondary N) is 1. The van der Waals surface area contributed by atoms with E-state index in [9.17, 15) is 0 Å². The Balaban J connectivity index is 1.40. The van der Waals surface area contributed by atoms with Gasteiger partial charge in [0.05, 0.1) is 11.7 Å². The molecule has 0 bridgehead atoms. The Hall–Kier alpha value is -3.66. The first-order chi connectivity index (χ1) is 14.6. The molecule has 0 atom stereocenters. The maximum Gasteiger partial charge on any atom is 0.147 e. The van der Waals surface area contributed by atoms with Crippen LogP contribution in [-0.4, -0.2) is 11.2 Å². The van der Waals surface area contributed by atoms with E-state index in [0.29, 0.717) is 6.61 Å². The van der Waals surface area contributed by atoms with E-state index >= 15 is 0 Å². The van der Waals surface area contributed by atoms with E-state index in [4.69, 9.17) is 9.72 Å². The van der Waals surface area contributed by atoms with Gasteiger partial charge in [0.15, 0.2) is 0 Å². The average Bonchev–Trinajstić information content (AvgIpc) is 2.75. The Morgan fingerprint density at radius 2 is 1.67 bits per heavy atom. The van der Waals surface area contributed by atoms with Crippen LogP contribution in [0.5, 0.6) is 5.75 Å². The van der Waals surface area contributed by atoms with Crippen molar-refractivity contribution in [3.8, 4) is 5.75 Å². The van der Waals surface area contributed by atoms with Gasteiger partial charge in [0.2, 0.25) is 0 Å². The van der Waals surface area contributed by atoms with E-state index in [1.54, 1.807) is 6.21 Å². The van der Waals surface area contributed by atoms with Gasteiger partial charge in [0.25, 0.3) is 0 Å². The molecule has 0 radical (unpaired) electrons. The van der Waals surface area contributed by atoms with Gasteiger partial charge in [-0.05, 0) is 79.4 Å². The van der Waals surface area contributed by atoms with Gasteiger partial charge in [-0.25, -0.2) is 4.98 Å². The summed E-state index contributed by atoms with van der Waals surface area (Å²) in [5.41, 5.74) is 9.81. The molecule has 1 heterocycles. The van der Waals surface area contributed by atoms with Crippen molar-refractivity contribution in [2.24, 2.45) is 5.10 Å². The summed E-state index contributed by atoms with van der Waals surface area (Å²) in [4.78, 5) is 4.73. The van der Waals surface area contributed by atoms with E-state index in [-0.39, 0.29) is 0 Å². The SMILES string of the molecule is Cc1cc(C)c2nc(NN=Cc3ccc(OCc4ccccc4)cc3)cc(C)c2c1. The van der Waals surface area contributed by atoms with Crippen molar-refractivity contribution in [2.45, 2.75) is 27.4 Å². The second kappa shape index (κ2) is 8.78. The minimum atomic E-state index is 0.557. The number of hydrazone groups is 1. The maximum atomic E-state index is 5.82. The van der Waals surface area contributed by atoms with Crippen molar-refractivity contribution in [3.05, 3.63) is 101 Å². The molecule has 0 fully saturated rings. The molecular weight excluding hydrogens is 370 g/mol. The molecule has 1 aromatic heterocycles. The number of pyridine rings is 1. The number of rotatable bonds is 6. The number of hydrogen-bond donors (Lipinski definition) is 1. The minimum Gasteiger partial charge on any atom is -0.489 e. The quantitative estimate of drug-likeness (QED) is 0.313. The summed E-state index contributed by atoms with van der Waals surface area (Å²) < 4.78 is 5.82. The molecule has 0 spiro atoms. The Labute approximate surface area is 177 Å². The van der Waals surface area contributed by atoms with E-state index in [1.807, 2.05) is 48.5 Å². The first-order valence-electron chi connectivity index (χ1n) is 10.0. The van der Waals surface area contributed by atoms with Gasteiger partial charge in [0.1, 0.15) is 18.2 Å². The molecule has 0 aliphatic heterocycles. The highest BCUT2D eigenvalue weighted by Crippen LogP contribution is 2.24. The number of nitrogens with zero attached hydrogens (tertiary/aromatic N) is 2. The van der Waals surface area contributed by atoms with Gasteiger partial charge in [0, 0.05) is 5.39 Å². The molecule has 4 heteroatoms. The van der Waals surface area contributed by atoms with Gasteiger partial charge < -0.3 is 4.74 Å². The van der Waals surface area contributed by atoms with Crippen LogP contribution in [0.2, 0.25) is 0 Å². The summed E-state index contributed by atoms with van der Waals surface area (Å²) >= 11 is 0. The molecule has 0 saturated carbocycles. The average molecular weight is 396 g/mol. The Bertz CT molecular complexity index is 1180. The standard InChI is InChI=1S/C26H25N3O/c1-18-13-20(3)26-24(14-18)19(2)15-25(28-26)29-27-16-21-9-11-23(12-10-21)30-17-22-7-5-4-6-8-22/h4-16H,17H2,1-3H3,(H,28,29). The van der Waals surface area contributed by atoms with Crippen molar-refractivity contribution in [1.82, 2.24) is 4.98 Å². The van der Waals surface area contributed by atoms with Crippen LogP contribution in [0.1, 0.15) is 27.8 Å². The molecule has 0 amide bonds. The zero-order valence-corrected chi connectivity index (χ0v) is 17.5. The third-order valence-corrected chi connectivity index (χ3v) is 4.98. The number of hydrogen-bond acceptors (Lipinski definition) is 4. The molecule has 150 valence electrons. The zero-order chi connectivity index (χ0) is 20.9. The summed E-state index contributed by atoms with van der Waals surface area (Å²) in [7, 11) is 0. The van der Waals surface area contributed by atoms with Crippen molar-refractivity contribution < 1.29 is 4.74 Å². The summed E-state index contributed by atoms with van der Waals surface area (Å²) in [6, 6.07) is 24.4. The molecule has 0 aliphatic rings. The van der Waals surface area contributed by atoms with Gasteiger partial charge in [-0.1, -0.05) is 42.0 Å². The molecule has 4 nitrogen and oxygen atoms in total. The number of aryl methyl sites for hydroxylation is 3. The van der Waals surface area contributed by atoms with Crippen molar-refractivity contribution in [3.63, 3.8) is 0 Å². The fourth-order valence-electron chi connectivity index (χ4n) is 3.47. The normalized spacial score (nSPS) is 11.2. The lowest BCUT2D eigenvalue weighted by atomic mass is 10.0. The Morgan fingerprint density at radius 3 is 2.43 bits per heavy atom. The summed E-state index contributed by atoms with van der Waals surface area (Å²) in [6.45, 7) is 6.87. The van der Waals surface area contributed by atoms with Crippen LogP contribution in [-0.2, 0) is 6.61 Å². The second-order valence-corrected chi connectivity index (χ2v) is 7.52. The number of aromatic nitrogens is 1. The second-order valence-electron chi connectivity index (χ2n) is 7.52. The van der Waals surface area contributed by atoms with Crippen LogP contribution >= 0.6 is 0 Å². The first kappa shape index (κ1) is 19.6. The fourth-order valence-corrected chi connectivity index (χ4v) is 3.47. The largest absolute Gasteiger partial charge is 0.489 e. The van der Waals surface area contributed by atoms with Crippen LogP contribution in [0, 0.1) is 20.8 Å². The van der Waals surface area contributed by atoms with Crippen LogP contribution < -0.4 is 10.2 Å². The van der Waals surface area contributed by atoms with Crippen LogP contribution in [0.3, 0.4) is 0 Å². The molecule has 30 heavy (non-hydrogen) atoms. The third-order valence-electron chi connectivity index (χ3n) is 4.98. The van der Waals surface area contributed by atoms with E-state index in [2.05, 4.69) is 55.6 Å². The molecular formula is C26H25N3O. The zero-order valence-electron chi connectivity index (χ0n) is 17.5. The molecule has 0 aliphatic carbocycles. The molecule has 3 aromatic carbocycles. The molecule has 1 N–H and O–H groups in total. The highest BCUT2D eigenvalue weighted by Gasteiger charge is 2.06. The van der Waals surface area contributed by atoms with Crippen LogP contribution in [0.25, 0.3) is 10.9 Å². The van der Waals surface area contributed by atoms with Crippen molar-refractivity contribution >= 4 is 22.9 Å². The summed E-state index contributed by atoms with van der Waals surface area (Å²) in [5.74, 6) is 1.58. The Kier molecular flexibility index (Phi) is 5.75. The smallest absolute Gasteiger partial charge is 0.147 e. The number of fused-ring (bicyclic) bond motifs is 1. The third kappa shape index (κ3) is 4.66. The van der Waals surface area contributed by atoms with E-state index in [1.165, 1.54) is 22.1 Å². The molecule has 0 unspecified atom stereocenters.